The third-order valence-corrected chi connectivity index (χ3v) is 5.87. The van der Waals surface area contributed by atoms with E-state index in [1.807, 2.05) is 36.4 Å². The van der Waals surface area contributed by atoms with Gasteiger partial charge in [0, 0.05) is 0 Å². The van der Waals surface area contributed by atoms with E-state index in [1.165, 1.54) is 19.2 Å². The summed E-state index contributed by atoms with van der Waals surface area (Å²) in [6.07, 6.45) is 0. The van der Waals surface area contributed by atoms with Gasteiger partial charge >= 0.3 is 5.97 Å². The van der Waals surface area contributed by atoms with Crippen molar-refractivity contribution in [2.24, 2.45) is 0 Å². The quantitative estimate of drug-likeness (QED) is 0.615. The van der Waals surface area contributed by atoms with Gasteiger partial charge in [-0.2, -0.15) is 0 Å². The molecule has 28 heavy (non-hydrogen) atoms. The van der Waals surface area contributed by atoms with Crippen LogP contribution in [-0.4, -0.2) is 26.6 Å². The number of carboxylic acid groups (broad SMARTS) is 1. The Labute approximate surface area is 167 Å². The number of methoxy groups -OCH3 is 1. The molecule has 0 spiro atoms. The monoisotopic (exact) mass is 417 g/mol. The summed E-state index contributed by atoms with van der Waals surface area (Å²) in [5, 5.41) is 9.03. The van der Waals surface area contributed by atoms with Crippen molar-refractivity contribution in [2.75, 3.05) is 11.8 Å². The molecular weight excluding hydrogens is 402 g/mol. The molecule has 3 aromatic carbocycles. The maximum absolute atomic E-state index is 12.9. The molecule has 3 aromatic rings. The lowest BCUT2D eigenvalue weighted by atomic mass is 10.1. The normalized spacial score (nSPS) is 11.1. The first kappa shape index (κ1) is 19.7. The Morgan fingerprint density at radius 2 is 1.71 bits per heavy atom. The molecule has 0 fully saturated rings. The third kappa shape index (κ3) is 4.11. The standard InChI is InChI=1S/C20H16ClNO5S/c1-27-18-10-8-14(13-5-3-2-4-6-13)11-17(18)22-28(25,26)19-12-15(20(23)24)7-9-16(19)21/h2-12,22H,1H3,(H,23,24). The van der Waals surface area contributed by atoms with Gasteiger partial charge in [-0.15, -0.1) is 0 Å². The highest BCUT2D eigenvalue weighted by Crippen LogP contribution is 2.33. The van der Waals surface area contributed by atoms with Crippen LogP contribution in [0.1, 0.15) is 10.4 Å². The first-order valence-corrected chi connectivity index (χ1v) is 9.97. The lowest BCUT2D eigenvalue weighted by Crippen LogP contribution is -2.15. The fraction of sp³-hybridized carbons (Fsp3) is 0.0500. The number of rotatable bonds is 6. The third-order valence-electron chi connectivity index (χ3n) is 4.02. The minimum absolute atomic E-state index is 0.0873. The van der Waals surface area contributed by atoms with E-state index < -0.39 is 16.0 Å². The maximum Gasteiger partial charge on any atom is 0.335 e. The van der Waals surface area contributed by atoms with Crippen molar-refractivity contribution in [3.63, 3.8) is 0 Å². The highest BCUT2D eigenvalue weighted by Gasteiger charge is 2.22. The molecule has 0 aliphatic rings. The maximum atomic E-state index is 12.9. The zero-order valence-corrected chi connectivity index (χ0v) is 16.3. The minimum Gasteiger partial charge on any atom is -0.495 e. The highest BCUT2D eigenvalue weighted by atomic mass is 35.5. The molecule has 144 valence electrons. The lowest BCUT2D eigenvalue weighted by Gasteiger charge is -2.14. The van der Waals surface area contributed by atoms with Crippen molar-refractivity contribution >= 4 is 33.3 Å². The molecule has 6 nitrogen and oxygen atoms in total. The van der Waals surface area contributed by atoms with Crippen molar-refractivity contribution in [1.82, 2.24) is 0 Å². The number of aromatic carboxylic acids is 1. The van der Waals surface area contributed by atoms with Gasteiger partial charge in [-0.3, -0.25) is 4.72 Å². The smallest absolute Gasteiger partial charge is 0.335 e. The van der Waals surface area contributed by atoms with Crippen LogP contribution in [0.4, 0.5) is 5.69 Å². The molecule has 0 saturated heterocycles. The summed E-state index contributed by atoms with van der Waals surface area (Å²) in [6, 6.07) is 18.0. The van der Waals surface area contributed by atoms with Crippen LogP contribution in [-0.2, 0) is 10.0 Å². The van der Waals surface area contributed by atoms with E-state index in [-0.39, 0.29) is 21.2 Å². The number of nitrogens with one attached hydrogen (secondary N) is 1. The second-order valence-electron chi connectivity index (χ2n) is 5.84. The highest BCUT2D eigenvalue weighted by molar-refractivity contribution is 7.92. The van der Waals surface area contributed by atoms with Gasteiger partial charge in [0.25, 0.3) is 10.0 Å². The predicted molar refractivity (Wildman–Crippen MR) is 108 cm³/mol. The van der Waals surface area contributed by atoms with Crippen LogP contribution in [0.5, 0.6) is 5.75 Å². The molecule has 0 atom stereocenters. The van der Waals surface area contributed by atoms with E-state index in [1.54, 1.807) is 12.1 Å². The first-order chi connectivity index (χ1) is 13.3. The molecule has 3 rings (SSSR count). The molecule has 2 N–H and O–H groups in total. The Morgan fingerprint density at radius 3 is 2.36 bits per heavy atom. The van der Waals surface area contributed by atoms with Gasteiger partial charge in [-0.25, -0.2) is 13.2 Å². The number of anilines is 1. The van der Waals surface area contributed by atoms with E-state index in [0.29, 0.717) is 5.75 Å². The van der Waals surface area contributed by atoms with Crippen molar-refractivity contribution in [2.45, 2.75) is 4.90 Å². The van der Waals surface area contributed by atoms with Gasteiger partial charge in [-0.05, 0) is 41.5 Å². The lowest BCUT2D eigenvalue weighted by molar-refractivity contribution is 0.0696. The molecule has 0 heterocycles. The van der Waals surface area contributed by atoms with E-state index in [2.05, 4.69) is 4.72 Å². The summed E-state index contributed by atoms with van der Waals surface area (Å²) >= 11 is 6.01. The summed E-state index contributed by atoms with van der Waals surface area (Å²) in [5.74, 6) is -0.939. The summed E-state index contributed by atoms with van der Waals surface area (Å²) < 4.78 is 33.4. The average Bonchev–Trinajstić information content (AvgIpc) is 2.68. The number of halogens is 1. The Balaban J connectivity index is 2.05. The predicted octanol–water partition coefficient (Wildman–Crippen LogP) is 4.51. The number of carboxylic acids is 1. The molecule has 0 aliphatic carbocycles. The largest absolute Gasteiger partial charge is 0.495 e. The zero-order chi connectivity index (χ0) is 20.3. The van der Waals surface area contributed by atoms with Gasteiger partial charge < -0.3 is 9.84 Å². The Kier molecular flexibility index (Phi) is 5.58. The zero-order valence-electron chi connectivity index (χ0n) is 14.7. The summed E-state index contributed by atoms with van der Waals surface area (Å²) in [5.41, 5.74) is 1.71. The van der Waals surface area contributed by atoms with Crippen LogP contribution in [0.25, 0.3) is 11.1 Å². The van der Waals surface area contributed by atoms with Crippen LogP contribution in [0.15, 0.2) is 71.6 Å². The number of ether oxygens (including phenoxy) is 1. The average molecular weight is 418 g/mol. The second kappa shape index (κ2) is 7.92. The molecular formula is C20H16ClNO5S. The van der Waals surface area contributed by atoms with E-state index in [9.17, 15) is 13.2 Å². The van der Waals surface area contributed by atoms with Crippen LogP contribution < -0.4 is 9.46 Å². The van der Waals surface area contributed by atoms with Crippen molar-refractivity contribution in [3.05, 3.63) is 77.3 Å². The van der Waals surface area contributed by atoms with E-state index in [4.69, 9.17) is 21.4 Å². The molecule has 0 amide bonds. The SMILES string of the molecule is COc1ccc(-c2ccccc2)cc1NS(=O)(=O)c1cc(C(=O)O)ccc1Cl. The number of sulfonamides is 1. The first-order valence-electron chi connectivity index (χ1n) is 8.11. The molecule has 8 heteroatoms. The summed E-state index contributed by atoms with van der Waals surface area (Å²) in [7, 11) is -2.73. The van der Waals surface area contributed by atoms with Crippen molar-refractivity contribution in [3.8, 4) is 16.9 Å². The Morgan fingerprint density at radius 1 is 1.00 bits per heavy atom. The van der Waals surface area contributed by atoms with Gasteiger partial charge in [0.15, 0.2) is 0 Å². The van der Waals surface area contributed by atoms with Crippen molar-refractivity contribution < 1.29 is 23.1 Å². The minimum atomic E-state index is -4.16. The number of hydrogen-bond donors (Lipinski definition) is 2. The Hall–Kier alpha value is -3.03. The van der Waals surface area contributed by atoms with Crippen LogP contribution in [0.3, 0.4) is 0 Å². The van der Waals surface area contributed by atoms with E-state index in [0.717, 1.165) is 17.2 Å². The number of benzene rings is 3. The number of hydrogen-bond acceptors (Lipinski definition) is 4. The van der Waals surface area contributed by atoms with Crippen molar-refractivity contribution in [1.29, 1.82) is 0 Å². The van der Waals surface area contributed by atoms with Crippen LogP contribution in [0.2, 0.25) is 5.02 Å². The molecule has 0 bridgehead atoms. The summed E-state index contributed by atoms with van der Waals surface area (Å²) in [4.78, 5) is 10.8. The van der Waals surface area contributed by atoms with Crippen LogP contribution in [0, 0.1) is 0 Å². The molecule has 0 saturated carbocycles. The molecule has 0 aromatic heterocycles. The van der Waals surface area contributed by atoms with Gasteiger partial charge in [0.2, 0.25) is 0 Å². The topological polar surface area (TPSA) is 92.7 Å². The molecule has 0 radical (unpaired) electrons. The van der Waals surface area contributed by atoms with Crippen LogP contribution >= 0.6 is 11.6 Å². The number of carbonyl (C=O) groups is 1. The fourth-order valence-corrected chi connectivity index (χ4v) is 4.23. The van der Waals surface area contributed by atoms with E-state index >= 15 is 0 Å². The van der Waals surface area contributed by atoms with Gasteiger partial charge in [0.05, 0.1) is 23.4 Å². The molecule has 0 unspecified atom stereocenters. The van der Waals surface area contributed by atoms with Gasteiger partial charge in [-0.1, -0.05) is 48.0 Å². The van der Waals surface area contributed by atoms with Gasteiger partial charge in [0.1, 0.15) is 10.6 Å². The Bertz CT molecular complexity index is 1130. The summed E-state index contributed by atoms with van der Waals surface area (Å²) in [6.45, 7) is 0. The second-order valence-corrected chi connectivity index (χ2v) is 7.89. The molecule has 0 aliphatic heterocycles. The fourth-order valence-electron chi connectivity index (χ4n) is 2.64.